The largest absolute Gasteiger partial charge is 0.416 e. The lowest BCUT2D eigenvalue weighted by molar-refractivity contribution is -0.137. The Balaban J connectivity index is 2.39. The van der Waals surface area contributed by atoms with Gasteiger partial charge in [-0.2, -0.15) is 18.3 Å². The Morgan fingerprint density at radius 1 is 1.12 bits per heavy atom. The summed E-state index contributed by atoms with van der Waals surface area (Å²) >= 11 is 0. The Morgan fingerprint density at radius 2 is 1.76 bits per heavy atom. The van der Waals surface area contributed by atoms with Crippen molar-refractivity contribution in [2.45, 2.75) is 6.18 Å². The number of rotatable bonds is 2. The van der Waals surface area contributed by atoms with Crippen LogP contribution >= 0.6 is 0 Å². The van der Waals surface area contributed by atoms with Crippen LogP contribution in [0.5, 0.6) is 0 Å². The molecule has 0 amide bonds. The first-order chi connectivity index (χ1) is 8.02. The molecule has 0 saturated carbocycles. The summed E-state index contributed by atoms with van der Waals surface area (Å²) < 4.78 is 38.3. The van der Waals surface area contributed by atoms with Crippen molar-refractivity contribution in [3.63, 3.8) is 0 Å². The maximum atomic E-state index is 12.3. The van der Waals surface area contributed by atoms with Crippen LogP contribution in [0.25, 0.3) is 5.69 Å². The SMILES string of the molecule is O=Cc1ccnn1-c1ccc(C(F)(F)F)cc1. The van der Waals surface area contributed by atoms with Crippen LogP contribution in [0, 0.1) is 0 Å². The maximum Gasteiger partial charge on any atom is 0.416 e. The van der Waals surface area contributed by atoms with Gasteiger partial charge in [0.15, 0.2) is 6.29 Å². The van der Waals surface area contributed by atoms with E-state index >= 15 is 0 Å². The molecule has 0 bridgehead atoms. The predicted molar refractivity (Wildman–Crippen MR) is 54.0 cm³/mol. The first-order valence-corrected chi connectivity index (χ1v) is 4.69. The molecular formula is C11H7F3N2O. The molecule has 0 radical (unpaired) electrons. The van der Waals surface area contributed by atoms with Gasteiger partial charge in [0.2, 0.25) is 0 Å². The smallest absolute Gasteiger partial charge is 0.296 e. The second kappa shape index (κ2) is 4.04. The molecule has 1 heterocycles. The van der Waals surface area contributed by atoms with Crippen LogP contribution < -0.4 is 0 Å². The number of carbonyl (C=O) groups excluding carboxylic acids is 1. The monoisotopic (exact) mass is 240 g/mol. The summed E-state index contributed by atoms with van der Waals surface area (Å²) in [5.41, 5.74) is -0.0454. The molecule has 0 N–H and O–H groups in total. The van der Waals surface area contributed by atoms with Gasteiger partial charge in [-0.25, -0.2) is 4.68 Å². The molecule has 0 aliphatic heterocycles. The Kier molecular flexibility index (Phi) is 2.71. The van der Waals surface area contributed by atoms with Crippen molar-refractivity contribution in [2.24, 2.45) is 0 Å². The van der Waals surface area contributed by atoms with Crippen LogP contribution in [-0.2, 0) is 6.18 Å². The van der Waals surface area contributed by atoms with Gasteiger partial charge in [-0.1, -0.05) is 0 Å². The van der Waals surface area contributed by atoms with Gasteiger partial charge in [0, 0.05) is 0 Å². The van der Waals surface area contributed by atoms with Crippen LogP contribution in [0.15, 0.2) is 36.5 Å². The van der Waals surface area contributed by atoms with Crippen LogP contribution in [0.1, 0.15) is 16.1 Å². The summed E-state index contributed by atoms with van der Waals surface area (Å²) in [5.74, 6) is 0. The number of alkyl halides is 3. The van der Waals surface area contributed by atoms with Crippen LogP contribution in [0.2, 0.25) is 0 Å². The lowest BCUT2D eigenvalue weighted by Crippen LogP contribution is -2.06. The third-order valence-electron chi connectivity index (χ3n) is 2.23. The molecule has 1 aromatic heterocycles. The van der Waals surface area contributed by atoms with Gasteiger partial charge in [-0.15, -0.1) is 0 Å². The first-order valence-electron chi connectivity index (χ1n) is 4.69. The number of aromatic nitrogens is 2. The van der Waals surface area contributed by atoms with Crippen LogP contribution in [-0.4, -0.2) is 16.1 Å². The zero-order valence-corrected chi connectivity index (χ0v) is 8.48. The van der Waals surface area contributed by atoms with Crippen molar-refractivity contribution < 1.29 is 18.0 Å². The Bertz CT molecular complexity index is 528. The molecule has 2 aromatic rings. The highest BCUT2D eigenvalue weighted by atomic mass is 19.4. The number of halogens is 3. The molecule has 0 atom stereocenters. The normalized spacial score (nSPS) is 11.5. The minimum atomic E-state index is -4.36. The summed E-state index contributed by atoms with van der Waals surface area (Å²) in [6, 6.07) is 5.91. The molecule has 0 unspecified atom stereocenters. The van der Waals surface area contributed by atoms with Crippen molar-refractivity contribution in [3.05, 3.63) is 47.8 Å². The van der Waals surface area contributed by atoms with Gasteiger partial charge >= 0.3 is 6.18 Å². The lowest BCUT2D eigenvalue weighted by Gasteiger charge is -2.08. The summed E-state index contributed by atoms with van der Waals surface area (Å²) in [4.78, 5) is 10.6. The summed E-state index contributed by atoms with van der Waals surface area (Å²) in [7, 11) is 0. The van der Waals surface area contributed by atoms with E-state index in [0.29, 0.717) is 12.0 Å². The number of carbonyl (C=O) groups is 1. The second-order valence-electron chi connectivity index (χ2n) is 3.33. The molecule has 3 nitrogen and oxygen atoms in total. The highest BCUT2D eigenvalue weighted by Crippen LogP contribution is 2.29. The highest BCUT2D eigenvalue weighted by Gasteiger charge is 2.30. The summed E-state index contributed by atoms with van der Waals surface area (Å²) in [6.45, 7) is 0. The molecule has 0 spiro atoms. The molecule has 6 heteroatoms. The summed E-state index contributed by atoms with van der Waals surface area (Å²) in [5, 5.41) is 3.85. The molecule has 88 valence electrons. The van der Waals surface area contributed by atoms with Gasteiger partial charge in [-0.05, 0) is 30.3 Å². The molecular weight excluding hydrogens is 233 g/mol. The number of hydrogen-bond acceptors (Lipinski definition) is 2. The van der Waals surface area contributed by atoms with E-state index in [1.807, 2.05) is 0 Å². The van der Waals surface area contributed by atoms with Crippen LogP contribution in [0.3, 0.4) is 0 Å². The number of nitrogens with zero attached hydrogens (tertiary/aromatic N) is 2. The standard InChI is InChI=1S/C11H7F3N2O/c12-11(13,14)8-1-3-9(4-2-8)16-10(7-17)5-6-15-16/h1-7H. The highest BCUT2D eigenvalue weighted by molar-refractivity contribution is 5.73. The molecule has 17 heavy (non-hydrogen) atoms. The topological polar surface area (TPSA) is 34.9 Å². The van der Waals surface area contributed by atoms with Crippen molar-refractivity contribution in [1.29, 1.82) is 0 Å². The van der Waals surface area contributed by atoms with Crippen molar-refractivity contribution in [2.75, 3.05) is 0 Å². The third-order valence-corrected chi connectivity index (χ3v) is 2.23. The Morgan fingerprint density at radius 3 is 2.29 bits per heavy atom. The van der Waals surface area contributed by atoms with Gasteiger partial charge in [0.05, 0.1) is 17.4 Å². The van der Waals surface area contributed by atoms with E-state index in [2.05, 4.69) is 5.10 Å². The van der Waals surface area contributed by atoms with E-state index in [4.69, 9.17) is 0 Å². The van der Waals surface area contributed by atoms with E-state index in [9.17, 15) is 18.0 Å². The Labute approximate surface area is 94.5 Å². The Hall–Kier alpha value is -2.11. The van der Waals surface area contributed by atoms with Crippen LogP contribution in [0.4, 0.5) is 13.2 Å². The van der Waals surface area contributed by atoms with Gasteiger partial charge in [0.1, 0.15) is 5.69 Å². The number of benzene rings is 1. The van der Waals surface area contributed by atoms with E-state index in [1.165, 1.54) is 29.1 Å². The fraction of sp³-hybridized carbons (Fsp3) is 0.0909. The fourth-order valence-corrected chi connectivity index (χ4v) is 1.41. The zero-order chi connectivity index (χ0) is 12.5. The van der Waals surface area contributed by atoms with Gasteiger partial charge < -0.3 is 0 Å². The molecule has 0 aliphatic rings. The van der Waals surface area contributed by atoms with Gasteiger partial charge in [0.25, 0.3) is 0 Å². The molecule has 0 saturated heterocycles. The van der Waals surface area contributed by atoms with Crippen molar-refractivity contribution >= 4 is 6.29 Å². The van der Waals surface area contributed by atoms with Crippen molar-refractivity contribution in [1.82, 2.24) is 9.78 Å². The fourth-order valence-electron chi connectivity index (χ4n) is 1.41. The minimum Gasteiger partial charge on any atom is -0.296 e. The number of hydrogen-bond donors (Lipinski definition) is 0. The molecule has 0 fully saturated rings. The quantitative estimate of drug-likeness (QED) is 0.756. The van der Waals surface area contributed by atoms with E-state index in [1.54, 1.807) is 0 Å². The average Bonchev–Trinajstić information content (AvgIpc) is 2.76. The van der Waals surface area contributed by atoms with E-state index < -0.39 is 11.7 Å². The number of aldehydes is 1. The van der Waals surface area contributed by atoms with Crippen molar-refractivity contribution in [3.8, 4) is 5.69 Å². The van der Waals surface area contributed by atoms with E-state index in [0.717, 1.165) is 12.1 Å². The maximum absolute atomic E-state index is 12.3. The molecule has 2 rings (SSSR count). The zero-order valence-electron chi connectivity index (χ0n) is 8.48. The second-order valence-corrected chi connectivity index (χ2v) is 3.33. The molecule has 0 aliphatic carbocycles. The third kappa shape index (κ3) is 2.20. The van der Waals surface area contributed by atoms with Gasteiger partial charge in [-0.3, -0.25) is 4.79 Å². The van der Waals surface area contributed by atoms with E-state index in [-0.39, 0.29) is 5.69 Å². The lowest BCUT2D eigenvalue weighted by atomic mass is 10.2. The first kappa shape index (κ1) is 11.4. The average molecular weight is 240 g/mol. The predicted octanol–water partition coefficient (Wildman–Crippen LogP) is 2.70. The summed E-state index contributed by atoms with van der Waals surface area (Å²) in [6.07, 6.45) is -2.37. The molecule has 1 aromatic carbocycles. The minimum absolute atomic E-state index is 0.282.